The van der Waals surface area contributed by atoms with Gasteiger partial charge in [-0.3, -0.25) is 4.79 Å². The van der Waals surface area contributed by atoms with Crippen molar-refractivity contribution in [2.45, 2.75) is 6.92 Å². The Morgan fingerprint density at radius 3 is 2.60 bits per heavy atom. The van der Waals surface area contributed by atoms with E-state index in [-0.39, 0.29) is 5.56 Å². The highest BCUT2D eigenvalue weighted by Gasteiger charge is 2.06. The maximum atomic E-state index is 11.5. The molecule has 0 amide bonds. The normalized spacial score (nSPS) is 10.3. The second-order valence-corrected chi connectivity index (χ2v) is 3.35. The van der Waals surface area contributed by atoms with Gasteiger partial charge in [0, 0.05) is 18.1 Å². The zero-order chi connectivity index (χ0) is 10.8. The van der Waals surface area contributed by atoms with Crippen LogP contribution < -0.4 is 5.56 Å². The van der Waals surface area contributed by atoms with E-state index in [4.69, 9.17) is 0 Å². The van der Waals surface area contributed by atoms with E-state index in [1.807, 2.05) is 30.3 Å². The lowest BCUT2D eigenvalue weighted by Crippen LogP contribution is -2.14. The fourth-order valence-corrected chi connectivity index (χ4v) is 1.46. The minimum atomic E-state index is -0.131. The highest BCUT2D eigenvalue weighted by atomic mass is 16.1. The SMILES string of the molecule is [CH2]c1nc(-c2ccccc2)c(C)c(=O)[nH]1. The maximum Gasteiger partial charge on any atom is 0.254 e. The van der Waals surface area contributed by atoms with Crippen LogP contribution in [0.25, 0.3) is 11.3 Å². The van der Waals surface area contributed by atoms with Gasteiger partial charge in [0.25, 0.3) is 5.56 Å². The maximum absolute atomic E-state index is 11.5. The third-order valence-electron chi connectivity index (χ3n) is 2.25. The van der Waals surface area contributed by atoms with Crippen LogP contribution in [0.4, 0.5) is 0 Å². The Bertz CT molecular complexity index is 529. The van der Waals surface area contributed by atoms with Crippen LogP contribution in [-0.2, 0) is 0 Å². The first-order valence-corrected chi connectivity index (χ1v) is 4.67. The molecule has 0 unspecified atom stereocenters. The quantitative estimate of drug-likeness (QED) is 0.762. The molecule has 0 aliphatic carbocycles. The van der Waals surface area contributed by atoms with Gasteiger partial charge in [-0.25, -0.2) is 4.98 Å². The zero-order valence-corrected chi connectivity index (χ0v) is 8.45. The molecule has 0 aliphatic heterocycles. The first-order valence-electron chi connectivity index (χ1n) is 4.67. The van der Waals surface area contributed by atoms with Crippen molar-refractivity contribution in [3.63, 3.8) is 0 Å². The van der Waals surface area contributed by atoms with Crippen LogP contribution in [0.3, 0.4) is 0 Å². The lowest BCUT2D eigenvalue weighted by molar-refractivity contribution is 1.04. The van der Waals surface area contributed by atoms with Gasteiger partial charge in [-0.05, 0) is 6.92 Å². The van der Waals surface area contributed by atoms with Crippen molar-refractivity contribution in [3.05, 3.63) is 59.0 Å². The van der Waals surface area contributed by atoms with E-state index in [9.17, 15) is 4.79 Å². The van der Waals surface area contributed by atoms with E-state index in [2.05, 4.69) is 16.9 Å². The van der Waals surface area contributed by atoms with Crippen LogP contribution in [0.2, 0.25) is 0 Å². The van der Waals surface area contributed by atoms with Gasteiger partial charge in [0.1, 0.15) is 5.82 Å². The number of hydrogen-bond acceptors (Lipinski definition) is 2. The summed E-state index contributed by atoms with van der Waals surface area (Å²) in [7, 11) is 0. The van der Waals surface area contributed by atoms with E-state index in [0.717, 1.165) is 5.56 Å². The molecule has 0 saturated carbocycles. The Morgan fingerprint density at radius 2 is 1.93 bits per heavy atom. The molecule has 2 aromatic rings. The van der Waals surface area contributed by atoms with Crippen LogP contribution in [0.1, 0.15) is 11.4 Å². The first kappa shape index (κ1) is 9.65. The number of H-pyrrole nitrogens is 1. The van der Waals surface area contributed by atoms with Gasteiger partial charge >= 0.3 is 0 Å². The van der Waals surface area contributed by atoms with E-state index in [1.54, 1.807) is 6.92 Å². The average molecular weight is 199 g/mol. The number of nitrogens with zero attached hydrogens (tertiary/aromatic N) is 1. The summed E-state index contributed by atoms with van der Waals surface area (Å²) in [6, 6.07) is 9.61. The first-order chi connectivity index (χ1) is 7.18. The number of rotatable bonds is 1. The molecular formula is C12H11N2O. The molecule has 3 heteroatoms. The molecule has 1 aromatic heterocycles. The Labute approximate surface area is 87.8 Å². The molecule has 0 spiro atoms. The molecular weight excluding hydrogens is 188 g/mol. The van der Waals surface area contributed by atoms with Gasteiger partial charge < -0.3 is 4.98 Å². The summed E-state index contributed by atoms with van der Waals surface area (Å²) in [5, 5.41) is 0. The minimum absolute atomic E-state index is 0.131. The van der Waals surface area contributed by atoms with Gasteiger partial charge in [-0.2, -0.15) is 0 Å². The molecule has 3 nitrogen and oxygen atoms in total. The molecule has 75 valence electrons. The van der Waals surface area contributed by atoms with Gasteiger partial charge in [0.05, 0.1) is 5.69 Å². The van der Waals surface area contributed by atoms with Crippen molar-refractivity contribution in [2.75, 3.05) is 0 Å². The average Bonchev–Trinajstić information content (AvgIpc) is 2.24. The highest BCUT2D eigenvalue weighted by molar-refractivity contribution is 5.62. The van der Waals surface area contributed by atoms with Crippen molar-refractivity contribution in [3.8, 4) is 11.3 Å². The molecule has 0 aliphatic rings. The van der Waals surface area contributed by atoms with Crippen LogP contribution in [0.5, 0.6) is 0 Å². The molecule has 0 atom stereocenters. The van der Waals surface area contributed by atoms with Crippen LogP contribution in [0, 0.1) is 13.8 Å². The standard InChI is InChI=1S/C12H11N2O/c1-8-11(10-6-4-3-5-7-10)13-9(2)14-12(8)15/h3-7H,2H2,1H3,(H,13,14,15). The Hall–Kier alpha value is -1.90. The minimum Gasteiger partial charge on any atom is -0.310 e. The summed E-state index contributed by atoms with van der Waals surface area (Å²) in [6.45, 7) is 5.40. The fraction of sp³-hybridized carbons (Fsp3) is 0.0833. The second kappa shape index (κ2) is 3.69. The third kappa shape index (κ3) is 1.81. The highest BCUT2D eigenvalue weighted by Crippen LogP contribution is 2.17. The van der Waals surface area contributed by atoms with Crippen molar-refractivity contribution in [2.24, 2.45) is 0 Å². The van der Waals surface area contributed by atoms with E-state index in [1.165, 1.54) is 0 Å². The number of hydrogen-bond donors (Lipinski definition) is 1. The number of aromatic amines is 1. The Balaban J connectivity index is 2.68. The molecule has 15 heavy (non-hydrogen) atoms. The summed E-state index contributed by atoms with van der Waals surface area (Å²) in [5.74, 6) is 0.393. The van der Waals surface area contributed by atoms with E-state index in [0.29, 0.717) is 17.1 Å². The van der Waals surface area contributed by atoms with Crippen molar-refractivity contribution in [1.82, 2.24) is 9.97 Å². The summed E-state index contributed by atoms with van der Waals surface area (Å²) < 4.78 is 0. The summed E-state index contributed by atoms with van der Waals surface area (Å²) in [4.78, 5) is 18.3. The molecule has 1 radical (unpaired) electrons. The predicted molar refractivity (Wildman–Crippen MR) is 59.5 cm³/mol. The second-order valence-electron chi connectivity index (χ2n) is 3.35. The molecule has 0 fully saturated rings. The Kier molecular flexibility index (Phi) is 2.37. The molecule has 0 saturated heterocycles. The summed E-state index contributed by atoms with van der Waals surface area (Å²) in [6.07, 6.45) is 0. The molecule has 2 rings (SSSR count). The van der Waals surface area contributed by atoms with Crippen LogP contribution in [-0.4, -0.2) is 9.97 Å². The van der Waals surface area contributed by atoms with E-state index < -0.39 is 0 Å². The monoisotopic (exact) mass is 199 g/mol. The lowest BCUT2D eigenvalue weighted by atomic mass is 10.1. The third-order valence-corrected chi connectivity index (χ3v) is 2.25. The summed E-state index contributed by atoms with van der Waals surface area (Å²) >= 11 is 0. The Morgan fingerprint density at radius 1 is 1.27 bits per heavy atom. The van der Waals surface area contributed by atoms with Gasteiger partial charge in [0.15, 0.2) is 0 Å². The molecule has 1 aromatic carbocycles. The van der Waals surface area contributed by atoms with Crippen LogP contribution in [0.15, 0.2) is 35.1 Å². The molecule has 1 heterocycles. The number of aromatic nitrogens is 2. The summed E-state index contributed by atoms with van der Waals surface area (Å²) in [5.41, 5.74) is 2.12. The van der Waals surface area contributed by atoms with Gasteiger partial charge in [-0.1, -0.05) is 30.3 Å². The molecule has 0 bridgehead atoms. The topological polar surface area (TPSA) is 45.8 Å². The zero-order valence-electron chi connectivity index (χ0n) is 8.45. The van der Waals surface area contributed by atoms with Crippen molar-refractivity contribution < 1.29 is 0 Å². The van der Waals surface area contributed by atoms with Crippen molar-refractivity contribution in [1.29, 1.82) is 0 Å². The van der Waals surface area contributed by atoms with Gasteiger partial charge in [-0.15, -0.1) is 0 Å². The largest absolute Gasteiger partial charge is 0.310 e. The van der Waals surface area contributed by atoms with E-state index >= 15 is 0 Å². The smallest absolute Gasteiger partial charge is 0.254 e. The van der Waals surface area contributed by atoms with Crippen molar-refractivity contribution >= 4 is 0 Å². The number of benzene rings is 1. The predicted octanol–water partition coefficient (Wildman–Crippen LogP) is 1.93. The van der Waals surface area contributed by atoms with Gasteiger partial charge in [0.2, 0.25) is 0 Å². The molecule has 1 N–H and O–H groups in total. The fourth-order valence-electron chi connectivity index (χ4n) is 1.46. The van der Waals surface area contributed by atoms with Crippen LogP contribution >= 0.6 is 0 Å². The lowest BCUT2D eigenvalue weighted by Gasteiger charge is -2.04. The number of nitrogens with one attached hydrogen (secondary N) is 1.